The molecule has 0 heterocycles. The topological polar surface area (TPSA) is 66.4 Å². The summed E-state index contributed by atoms with van der Waals surface area (Å²) in [5, 5.41) is 11.0. The Bertz CT molecular complexity index is 448. The molecular weight excluding hydrogens is 276 g/mol. The van der Waals surface area contributed by atoms with Crippen LogP contribution < -0.4 is 5.32 Å². The Morgan fingerprint density at radius 1 is 1.32 bits per heavy atom. The van der Waals surface area contributed by atoms with E-state index in [-0.39, 0.29) is 36.6 Å². The molecule has 0 aromatic heterocycles. The molecule has 0 aliphatic rings. The minimum absolute atomic E-state index is 0.0247. The molecule has 1 aromatic carbocycles. The van der Waals surface area contributed by atoms with Crippen molar-refractivity contribution in [1.29, 1.82) is 0 Å². The third-order valence-corrected chi connectivity index (χ3v) is 3.59. The van der Waals surface area contributed by atoms with Crippen molar-refractivity contribution < 1.29 is 22.9 Å². The van der Waals surface area contributed by atoms with Gasteiger partial charge in [0.1, 0.15) is 17.4 Å². The lowest BCUT2D eigenvalue weighted by atomic mass is 10.1. The molecule has 1 atom stereocenters. The van der Waals surface area contributed by atoms with Crippen molar-refractivity contribution in [2.24, 2.45) is 0 Å². The van der Waals surface area contributed by atoms with Crippen LogP contribution in [0.5, 0.6) is 0 Å². The monoisotopic (exact) mass is 291 g/mol. The Labute approximate surface area is 112 Å². The molecule has 1 aromatic rings. The molecule has 2 N–H and O–H groups in total. The van der Waals surface area contributed by atoms with Crippen molar-refractivity contribution in [1.82, 2.24) is 5.32 Å². The fraction of sp³-hybridized carbons (Fsp3) is 0.417. The van der Waals surface area contributed by atoms with Crippen LogP contribution >= 0.6 is 0 Å². The lowest BCUT2D eigenvalue weighted by molar-refractivity contribution is -0.118. The smallest absolute Gasteiger partial charge is 0.232 e. The second-order valence-corrected chi connectivity index (χ2v) is 5.39. The number of amides is 1. The summed E-state index contributed by atoms with van der Waals surface area (Å²) in [5.41, 5.74) is -0.0840. The Balaban J connectivity index is 2.38. The summed E-state index contributed by atoms with van der Waals surface area (Å²) in [6.45, 7) is -0.187. The first kappa shape index (κ1) is 15.7. The molecule has 0 saturated carbocycles. The predicted molar refractivity (Wildman–Crippen MR) is 68.0 cm³/mol. The number of benzene rings is 1. The molecule has 0 radical (unpaired) electrons. The molecule has 0 fully saturated rings. The van der Waals surface area contributed by atoms with Gasteiger partial charge in [0.25, 0.3) is 0 Å². The van der Waals surface area contributed by atoms with Gasteiger partial charge >= 0.3 is 0 Å². The van der Waals surface area contributed by atoms with Crippen molar-refractivity contribution in [3.05, 3.63) is 35.4 Å². The first-order chi connectivity index (χ1) is 9.04. The molecule has 0 bridgehead atoms. The van der Waals surface area contributed by atoms with Crippen LogP contribution in [0, 0.1) is 11.6 Å². The van der Waals surface area contributed by atoms with Gasteiger partial charge in [0.05, 0.1) is 6.61 Å². The maximum atomic E-state index is 13.3. The maximum Gasteiger partial charge on any atom is 0.232 e. The number of carbonyl (C=O) groups is 1. The van der Waals surface area contributed by atoms with E-state index in [4.69, 9.17) is 5.11 Å². The fourth-order valence-corrected chi connectivity index (χ4v) is 2.21. The number of hydrogen-bond acceptors (Lipinski definition) is 3. The van der Waals surface area contributed by atoms with E-state index in [2.05, 4.69) is 5.32 Å². The quantitative estimate of drug-likeness (QED) is 0.762. The first-order valence-corrected chi connectivity index (χ1v) is 7.19. The number of aliphatic hydroxyl groups is 1. The lowest BCUT2D eigenvalue weighted by Crippen LogP contribution is -2.31. The van der Waals surface area contributed by atoms with Crippen molar-refractivity contribution >= 4 is 16.7 Å². The standard InChI is InChI=1S/C12H15F2NO3S/c13-10-2-1-3-11(14)9(10)4-5-15-12(17)8-19(18)7-6-16/h1-3,16H,4-8H2,(H,15,17). The molecule has 7 heteroatoms. The summed E-state index contributed by atoms with van der Waals surface area (Å²) in [5.74, 6) is -1.96. The minimum atomic E-state index is -1.42. The Morgan fingerprint density at radius 3 is 2.53 bits per heavy atom. The molecule has 106 valence electrons. The summed E-state index contributed by atoms with van der Waals surface area (Å²) in [6.07, 6.45) is 0.0247. The summed E-state index contributed by atoms with van der Waals surface area (Å²) >= 11 is 0. The van der Waals surface area contributed by atoms with Gasteiger partial charge in [0.2, 0.25) is 5.91 Å². The highest BCUT2D eigenvalue weighted by atomic mass is 32.2. The third-order valence-electron chi connectivity index (χ3n) is 2.37. The maximum absolute atomic E-state index is 13.3. The molecule has 0 saturated heterocycles. The Morgan fingerprint density at radius 2 is 1.95 bits per heavy atom. The number of aliphatic hydroxyl groups excluding tert-OH is 1. The van der Waals surface area contributed by atoms with Crippen LogP contribution in [0.2, 0.25) is 0 Å². The van der Waals surface area contributed by atoms with Gasteiger partial charge < -0.3 is 10.4 Å². The number of rotatable bonds is 7. The number of hydrogen-bond donors (Lipinski definition) is 2. The predicted octanol–water partition coefficient (Wildman–Crippen LogP) is 0.364. The van der Waals surface area contributed by atoms with Crippen LogP contribution in [-0.4, -0.2) is 39.9 Å². The van der Waals surface area contributed by atoms with Crippen LogP contribution in [0.1, 0.15) is 5.56 Å². The van der Waals surface area contributed by atoms with Gasteiger partial charge in [-0.25, -0.2) is 8.78 Å². The van der Waals surface area contributed by atoms with Crippen LogP contribution in [0.3, 0.4) is 0 Å². The largest absolute Gasteiger partial charge is 0.395 e. The zero-order valence-electron chi connectivity index (χ0n) is 10.2. The Hall–Kier alpha value is -1.34. The molecule has 1 rings (SSSR count). The van der Waals surface area contributed by atoms with Gasteiger partial charge in [-0.15, -0.1) is 0 Å². The van der Waals surface area contributed by atoms with Crippen molar-refractivity contribution in [3.63, 3.8) is 0 Å². The summed E-state index contributed by atoms with van der Waals surface area (Å²) in [6, 6.07) is 3.57. The highest BCUT2D eigenvalue weighted by Crippen LogP contribution is 2.11. The SMILES string of the molecule is O=C(CS(=O)CCO)NCCc1c(F)cccc1F. The average molecular weight is 291 g/mol. The van der Waals surface area contributed by atoms with E-state index in [9.17, 15) is 17.8 Å². The van der Waals surface area contributed by atoms with Gasteiger partial charge in [-0.05, 0) is 18.6 Å². The highest BCUT2D eigenvalue weighted by molar-refractivity contribution is 7.85. The van der Waals surface area contributed by atoms with E-state index < -0.39 is 28.3 Å². The summed E-state index contributed by atoms with van der Waals surface area (Å²) in [4.78, 5) is 11.3. The molecule has 0 aliphatic carbocycles. The van der Waals surface area contributed by atoms with E-state index in [0.717, 1.165) is 12.1 Å². The van der Waals surface area contributed by atoms with E-state index in [0.29, 0.717) is 0 Å². The third kappa shape index (κ3) is 5.44. The molecule has 4 nitrogen and oxygen atoms in total. The van der Waals surface area contributed by atoms with Crippen LogP contribution in [-0.2, 0) is 22.0 Å². The van der Waals surface area contributed by atoms with Crippen LogP contribution in [0.4, 0.5) is 8.78 Å². The number of nitrogens with one attached hydrogen (secondary N) is 1. The van der Waals surface area contributed by atoms with Gasteiger partial charge in [-0.2, -0.15) is 0 Å². The molecule has 19 heavy (non-hydrogen) atoms. The Kier molecular flexibility index (Phi) is 6.58. The zero-order valence-corrected chi connectivity index (χ0v) is 11.0. The number of carbonyl (C=O) groups excluding carboxylic acids is 1. The van der Waals surface area contributed by atoms with Crippen molar-refractivity contribution in [2.45, 2.75) is 6.42 Å². The number of halogens is 2. The molecule has 0 spiro atoms. The molecular formula is C12H15F2NO3S. The van der Waals surface area contributed by atoms with E-state index in [1.165, 1.54) is 6.07 Å². The first-order valence-electron chi connectivity index (χ1n) is 5.70. The lowest BCUT2D eigenvalue weighted by Gasteiger charge is -2.07. The van der Waals surface area contributed by atoms with Gasteiger partial charge in [0.15, 0.2) is 0 Å². The van der Waals surface area contributed by atoms with E-state index in [1.807, 2.05) is 0 Å². The van der Waals surface area contributed by atoms with Crippen molar-refractivity contribution in [2.75, 3.05) is 24.7 Å². The molecule has 0 aliphatic heterocycles. The highest BCUT2D eigenvalue weighted by Gasteiger charge is 2.10. The minimum Gasteiger partial charge on any atom is -0.395 e. The summed E-state index contributed by atoms with van der Waals surface area (Å²) < 4.78 is 37.7. The second kappa shape index (κ2) is 7.96. The summed E-state index contributed by atoms with van der Waals surface area (Å²) in [7, 11) is -1.42. The fourth-order valence-electron chi connectivity index (χ4n) is 1.47. The molecule has 1 amide bonds. The van der Waals surface area contributed by atoms with Crippen LogP contribution in [0.25, 0.3) is 0 Å². The molecule has 1 unspecified atom stereocenters. The van der Waals surface area contributed by atoms with E-state index in [1.54, 1.807) is 0 Å². The van der Waals surface area contributed by atoms with Gasteiger partial charge in [-0.3, -0.25) is 9.00 Å². The van der Waals surface area contributed by atoms with E-state index >= 15 is 0 Å². The van der Waals surface area contributed by atoms with Crippen LogP contribution in [0.15, 0.2) is 18.2 Å². The van der Waals surface area contributed by atoms with Crippen molar-refractivity contribution in [3.8, 4) is 0 Å². The van der Waals surface area contributed by atoms with Gasteiger partial charge in [-0.1, -0.05) is 6.07 Å². The zero-order chi connectivity index (χ0) is 14.3. The normalized spacial score (nSPS) is 12.2. The average Bonchev–Trinajstić information content (AvgIpc) is 2.33. The van der Waals surface area contributed by atoms with Gasteiger partial charge in [0, 0.05) is 28.7 Å². The second-order valence-electron chi connectivity index (χ2n) is 3.81.